The highest BCUT2D eigenvalue weighted by molar-refractivity contribution is 5.98. The average molecular weight is 735 g/mol. The van der Waals surface area contributed by atoms with Gasteiger partial charge in [-0.25, -0.2) is 4.79 Å². The molecule has 1 aromatic heterocycles. The largest absolute Gasteiger partial charge is 0.506 e. The number of aromatic amines is 1. The summed E-state index contributed by atoms with van der Waals surface area (Å²) in [6.45, 7) is 2.79. The Balaban J connectivity index is 0.917. The van der Waals surface area contributed by atoms with E-state index in [9.17, 15) is 34.7 Å². The summed E-state index contributed by atoms with van der Waals surface area (Å²) >= 11 is 0. The number of pyridine rings is 1. The van der Waals surface area contributed by atoms with Crippen LogP contribution in [0.5, 0.6) is 5.75 Å². The molecule has 1 atom stereocenters. The summed E-state index contributed by atoms with van der Waals surface area (Å²) in [4.78, 5) is 53.5. The van der Waals surface area contributed by atoms with Crippen molar-refractivity contribution in [2.45, 2.75) is 31.6 Å². The number of hydrogen-bond acceptors (Lipinski definition) is 11. The Morgan fingerprint density at radius 1 is 0.963 bits per heavy atom. The van der Waals surface area contributed by atoms with Crippen LogP contribution in [0.4, 0.5) is 16.2 Å². The summed E-state index contributed by atoms with van der Waals surface area (Å²) in [5, 5.41) is 42.3. The van der Waals surface area contributed by atoms with Gasteiger partial charge < -0.3 is 35.5 Å². The summed E-state index contributed by atoms with van der Waals surface area (Å²) in [6.07, 6.45) is -0.352. The Labute approximate surface area is 310 Å². The summed E-state index contributed by atoms with van der Waals surface area (Å²) in [5.41, 5.74) is 3.22. The molecule has 4 aromatic carbocycles. The number of nitro groups is 1. The fourth-order valence-corrected chi connectivity index (χ4v) is 6.60. The molecule has 0 unspecified atom stereocenters. The lowest BCUT2D eigenvalue weighted by atomic mass is 10.0. The Bertz CT molecular complexity index is 2170. The molecule has 0 radical (unpaired) electrons. The third kappa shape index (κ3) is 9.53. The number of nitro benzene ring substituents is 1. The SMILES string of the molecule is O=C(Nc1ccccc1-c1ccccc1)OC1CCN(CCNCC(=O)c2ccc(CNC[C@H](O)c3ccc(O)c4[nH]c(=O)ccc34)c([N+](=O)[O-])c2)CC1. The van der Waals surface area contributed by atoms with Crippen LogP contribution in [0.2, 0.25) is 0 Å². The maximum absolute atomic E-state index is 12.9. The van der Waals surface area contributed by atoms with Crippen molar-refractivity contribution >= 4 is 34.2 Å². The summed E-state index contributed by atoms with van der Waals surface area (Å²) in [6, 6.07) is 27.5. The normalized spacial score (nSPS) is 14.1. The van der Waals surface area contributed by atoms with Crippen LogP contribution >= 0.6 is 0 Å². The number of Topliss-reactive ketones (excluding diaryl/α,β-unsaturated/α-hetero) is 1. The summed E-state index contributed by atoms with van der Waals surface area (Å²) < 4.78 is 5.73. The van der Waals surface area contributed by atoms with Crippen LogP contribution in [0.25, 0.3) is 22.0 Å². The van der Waals surface area contributed by atoms with Crippen molar-refractivity contribution in [1.29, 1.82) is 0 Å². The van der Waals surface area contributed by atoms with Gasteiger partial charge in [-0.2, -0.15) is 0 Å². The minimum absolute atomic E-state index is 0.0109. The number of ether oxygens (including phenoxy) is 1. The average Bonchev–Trinajstić information content (AvgIpc) is 3.18. The first-order chi connectivity index (χ1) is 26.2. The lowest BCUT2D eigenvalue weighted by Crippen LogP contribution is -2.42. The molecule has 1 aliphatic heterocycles. The first kappa shape index (κ1) is 37.8. The van der Waals surface area contributed by atoms with Gasteiger partial charge in [0, 0.05) is 73.5 Å². The van der Waals surface area contributed by atoms with Crippen LogP contribution in [0, 0.1) is 10.1 Å². The second-order valence-electron chi connectivity index (χ2n) is 13.1. The number of amides is 1. The molecule has 2 heterocycles. The van der Waals surface area contributed by atoms with Crippen LogP contribution in [-0.2, 0) is 11.3 Å². The van der Waals surface area contributed by atoms with Gasteiger partial charge in [0.15, 0.2) is 5.78 Å². The number of hydrogen-bond donors (Lipinski definition) is 6. The highest BCUT2D eigenvalue weighted by Gasteiger charge is 2.23. The molecule has 1 fully saturated rings. The van der Waals surface area contributed by atoms with Gasteiger partial charge >= 0.3 is 6.09 Å². The number of aliphatic hydroxyl groups is 1. The van der Waals surface area contributed by atoms with Crippen molar-refractivity contribution in [1.82, 2.24) is 20.5 Å². The number of phenols is 1. The molecule has 0 saturated carbocycles. The van der Waals surface area contributed by atoms with Crippen LogP contribution in [-0.4, -0.2) is 82.3 Å². The van der Waals surface area contributed by atoms with E-state index in [1.807, 2.05) is 54.6 Å². The molecule has 0 aliphatic carbocycles. The lowest BCUT2D eigenvalue weighted by molar-refractivity contribution is -0.385. The van der Waals surface area contributed by atoms with E-state index in [0.717, 1.165) is 24.2 Å². The lowest BCUT2D eigenvalue weighted by Gasteiger charge is -2.31. The maximum Gasteiger partial charge on any atom is 0.411 e. The number of phenolic OH excluding ortho intramolecular Hbond substituents is 1. The van der Waals surface area contributed by atoms with E-state index < -0.39 is 22.7 Å². The smallest absolute Gasteiger partial charge is 0.411 e. The van der Waals surface area contributed by atoms with E-state index >= 15 is 0 Å². The van der Waals surface area contributed by atoms with Crippen LogP contribution in [0.15, 0.2) is 102 Å². The molecule has 5 aromatic rings. The number of H-pyrrole nitrogens is 1. The monoisotopic (exact) mass is 734 g/mol. The number of ketones is 1. The van der Waals surface area contributed by atoms with Gasteiger partial charge in [-0.1, -0.05) is 66.7 Å². The number of para-hydroxylation sites is 1. The van der Waals surface area contributed by atoms with Crippen molar-refractivity contribution in [2.24, 2.45) is 0 Å². The van der Waals surface area contributed by atoms with E-state index in [-0.39, 0.29) is 54.0 Å². The molecule has 0 spiro atoms. The number of likely N-dealkylation sites (tertiary alicyclic amines) is 1. The number of aliphatic hydroxyl groups excluding tert-OH is 1. The number of fused-ring (bicyclic) bond motifs is 1. The molecule has 6 N–H and O–H groups in total. The Morgan fingerprint density at radius 2 is 1.72 bits per heavy atom. The highest BCUT2D eigenvalue weighted by Crippen LogP contribution is 2.30. The minimum Gasteiger partial charge on any atom is -0.506 e. The second kappa shape index (κ2) is 17.7. The zero-order chi connectivity index (χ0) is 38.0. The molecule has 54 heavy (non-hydrogen) atoms. The standard InChI is InChI=1S/C40H42N6O8/c47-35-14-12-31(32-13-15-38(50)44-39(32)35)37(49)25-42-23-28-11-10-27(22-34(28)46(52)53)36(48)24-41-18-21-45-19-16-29(17-20-45)54-40(51)43-33-9-5-4-8-30(33)26-6-2-1-3-7-26/h1-15,22,29,37,41-42,47,49H,16-21,23-25H2,(H,43,51)(H,44,50)/t37-/m0/s1. The van der Waals surface area contributed by atoms with E-state index in [0.29, 0.717) is 48.1 Å². The first-order valence-corrected chi connectivity index (χ1v) is 17.8. The van der Waals surface area contributed by atoms with E-state index in [2.05, 4.69) is 25.8 Å². The predicted molar refractivity (Wildman–Crippen MR) is 205 cm³/mol. The van der Waals surface area contributed by atoms with Gasteiger partial charge in [-0.05, 0) is 42.2 Å². The number of piperidine rings is 1. The molecule has 14 heteroatoms. The van der Waals surface area contributed by atoms with Crippen LogP contribution in [0.3, 0.4) is 0 Å². The quantitative estimate of drug-likeness (QED) is 0.0361. The number of nitrogens with one attached hydrogen (secondary N) is 4. The number of aromatic hydroxyl groups is 1. The molecule has 14 nitrogen and oxygen atoms in total. The number of carbonyl (C=O) groups excluding carboxylic acids is 2. The van der Waals surface area contributed by atoms with Crippen molar-refractivity contribution in [2.75, 3.05) is 44.6 Å². The number of rotatable bonds is 15. The molecule has 6 rings (SSSR count). The molecular weight excluding hydrogens is 692 g/mol. The maximum atomic E-state index is 12.9. The number of anilines is 1. The zero-order valence-electron chi connectivity index (χ0n) is 29.5. The fraction of sp³-hybridized carbons (Fsp3) is 0.275. The highest BCUT2D eigenvalue weighted by atomic mass is 16.6. The molecular formula is C40H42N6O8. The van der Waals surface area contributed by atoms with Crippen molar-refractivity contribution in [3.05, 3.63) is 134 Å². The molecule has 1 amide bonds. The van der Waals surface area contributed by atoms with Gasteiger partial charge in [0.1, 0.15) is 11.9 Å². The number of aromatic nitrogens is 1. The van der Waals surface area contributed by atoms with E-state index in [1.165, 1.54) is 30.3 Å². The van der Waals surface area contributed by atoms with Crippen molar-refractivity contribution in [3.8, 4) is 16.9 Å². The van der Waals surface area contributed by atoms with Crippen LogP contribution < -0.4 is 21.5 Å². The number of benzene rings is 4. The topological polar surface area (TPSA) is 199 Å². The van der Waals surface area contributed by atoms with Gasteiger partial charge in [0.2, 0.25) is 5.56 Å². The van der Waals surface area contributed by atoms with Crippen molar-refractivity contribution < 1.29 is 29.5 Å². The Morgan fingerprint density at radius 3 is 2.50 bits per heavy atom. The molecule has 0 bridgehead atoms. The third-order valence-electron chi connectivity index (χ3n) is 9.47. The summed E-state index contributed by atoms with van der Waals surface area (Å²) in [7, 11) is 0. The molecule has 1 aliphatic rings. The van der Waals surface area contributed by atoms with Gasteiger partial charge in [-0.3, -0.25) is 25.0 Å². The van der Waals surface area contributed by atoms with Gasteiger partial charge in [-0.15, -0.1) is 0 Å². The van der Waals surface area contributed by atoms with Crippen molar-refractivity contribution in [3.63, 3.8) is 0 Å². The van der Waals surface area contributed by atoms with Gasteiger partial charge in [0.25, 0.3) is 5.69 Å². The van der Waals surface area contributed by atoms with Gasteiger partial charge in [0.05, 0.1) is 28.8 Å². The Kier molecular flexibility index (Phi) is 12.4. The predicted octanol–water partition coefficient (Wildman–Crippen LogP) is 5.12. The van der Waals surface area contributed by atoms with Crippen LogP contribution in [0.1, 0.15) is 40.4 Å². The Hall–Kier alpha value is -5.93. The third-order valence-corrected chi connectivity index (χ3v) is 9.47. The van der Waals surface area contributed by atoms with E-state index in [4.69, 9.17) is 4.74 Å². The van der Waals surface area contributed by atoms with E-state index in [1.54, 1.807) is 12.1 Å². The summed E-state index contributed by atoms with van der Waals surface area (Å²) in [5.74, 6) is -0.406. The molecule has 280 valence electrons. The second-order valence-corrected chi connectivity index (χ2v) is 13.1. The minimum atomic E-state index is -1.04. The zero-order valence-corrected chi connectivity index (χ0v) is 29.5. The molecule has 1 saturated heterocycles. The number of carbonyl (C=O) groups is 2. The first-order valence-electron chi connectivity index (χ1n) is 17.8. The fourth-order valence-electron chi connectivity index (χ4n) is 6.60. The number of nitrogens with zero attached hydrogens (tertiary/aromatic N) is 2.